The molecular weight excluding hydrogens is 520 g/mol. The Labute approximate surface area is 266 Å². The summed E-state index contributed by atoms with van der Waals surface area (Å²) in [6.45, 7) is 94.0. The highest BCUT2D eigenvalue weighted by Crippen LogP contribution is 1.94. The van der Waals surface area contributed by atoms with Gasteiger partial charge in [-0.15, -0.1) is 184 Å². The summed E-state index contributed by atoms with van der Waals surface area (Å²) < 4.78 is 9.38. The van der Waals surface area contributed by atoms with Crippen molar-refractivity contribution in [1.29, 1.82) is 0 Å². The van der Waals surface area contributed by atoms with Gasteiger partial charge in [0.2, 0.25) is 0 Å². The summed E-state index contributed by atoms with van der Waals surface area (Å²) in [6, 6.07) is 0. The maximum atomic E-state index is 10.8. The number of rotatable bonds is 5. The molecule has 4 heteroatoms. The zero-order valence-electron chi connectivity index (χ0n) is 28.3. The van der Waals surface area contributed by atoms with Crippen LogP contribution in [-0.2, 0) is 19.1 Å². The summed E-state index contributed by atoms with van der Waals surface area (Å²) in [6.07, 6.45) is 0. The Balaban J connectivity index is -0.0000000169. The van der Waals surface area contributed by atoms with Crippen LogP contribution in [0.3, 0.4) is 0 Å². The van der Waals surface area contributed by atoms with Gasteiger partial charge in [0.1, 0.15) is 13.2 Å². The first kappa shape index (κ1) is 99.3. The lowest BCUT2D eigenvalue weighted by Gasteiger charge is -2.05. The first-order valence-corrected chi connectivity index (χ1v) is 11.1. The molecule has 0 aliphatic heterocycles. The summed E-state index contributed by atoms with van der Waals surface area (Å²) in [7, 11) is 0. The van der Waals surface area contributed by atoms with Crippen LogP contribution in [0.4, 0.5) is 0 Å². The molecule has 42 heavy (non-hydrogen) atoms. The number of hydrogen-bond acceptors (Lipinski definition) is 4. The quantitative estimate of drug-likeness (QED) is 0.138. The molecular formula is C38H70O4. The van der Waals surface area contributed by atoms with Gasteiger partial charge in [0.15, 0.2) is 0 Å². The number of hydrogen-bond donors (Lipinski definition) is 0. The molecule has 0 saturated carbocycles. The van der Waals surface area contributed by atoms with Crippen molar-refractivity contribution in [3.8, 4) is 0 Å². The topological polar surface area (TPSA) is 52.6 Å². The Morgan fingerprint density at radius 2 is 0.429 bits per heavy atom. The maximum absolute atomic E-state index is 10.8. The van der Waals surface area contributed by atoms with Crippen molar-refractivity contribution in [1.82, 2.24) is 0 Å². The highest BCUT2D eigenvalue weighted by Gasteiger charge is 2.05. The molecule has 0 amide bonds. The predicted octanol–water partition coefficient (Wildman–Crippen LogP) is 12.5. The van der Waals surface area contributed by atoms with Crippen molar-refractivity contribution < 1.29 is 19.1 Å². The molecule has 0 spiro atoms. The SMILES string of the molecule is C=C.C=C.C=C.C=C.C=C.C=C.C=C.C=C.C=C.C=C.C=C.C=C.C=C.C=C.C=C(C)C(=O)OCCOC(=O)C(=C)C. The zero-order chi connectivity index (χ0) is 39.1. The smallest absolute Gasteiger partial charge is 0.333 e. The lowest BCUT2D eigenvalue weighted by atomic mass is 10.4. The van der Waals surface area contributed by atoms with Gasteiger partial charge in [-0.1, -0.05) is 13.2 Å². The molecule has 0 saturated heterocycles. The van der Waals surface area contributed by atoms with Crippen LogP contribution in [-0.4, -0.2) is 25.2 Å². The number of carbonyl (C=O) groups excluding carboxylic acids is 2. The minimum atomic E-state index is -0.489. The van der Waals surface area contributed by atoms with E-state index in [1.54, 1.807) is 13.8 Å². The molecule has 0 rings (SSSR count). The normalized spacial score (nSPS) is 4.33. The van der Waals surface area contributed by atoms with Crippen molar-refractivity contribution in [2.75, 3.05) is 13.2 Å². The number of esters is 2. The van der Waals surface area contributed by atoms with E-state index in [2.05, 4.69) is 207 Å². The predicted molar refractivity (Wildman–Crippen MR) is 209 cm³/mol. The number of carbonyl (C=O) groups is 2. The zero-order valence-corrected chi connectivity index (χ0v) is 28.3. The van der Waals surface area contributed by atoms with Crippen LogP contribution in [0.5, 0.6) is 0 Å². The van der Waals surface area contributed by atoms with Gasteiger partial charge in [-0.25, -0.2) is 9.59 Å². The summed E-state index contributed by atoms with van der Waals surface area (Å²) >= 11 is 0. The maximum Gasteiger partial charge on any atom is 0.333 e. The Bertz CT molecular complexity index is 375. The Morgan fingerprint density at radius 1 is 0.333 bits per heavy atom. The first-order chi connectivity index (χ1) is 20.4. The highest BCUT2D eigenvalue weighted by molar-refractivity contribution is 5.87. The molecule has 0 aromatic carbocycles. The molecule has 0 unspecified atom stereocenters. The Morgan fingerprint density at radius 3 is 0.500 bits per heavy atom. The van der Waals surface area contributed by atoms with Crippen LogP contribution in [0.15, 0.2) is 209 Å². The van der Waals surface area contributed by atoms with E-state index in [0.717, 1.165) is 0 Å². The standard InChI is InChI=1S/C10H14O4.14C2H4/c1-7(2)9(11)13-5-6-14-10(12)8(3)4;14*1-2/h1,3,5-6H2,2,4H3;14*1-2H2. The molecule has 0 bridgehead atoms. The van der Waals surface area contributed by atoms with Crippen molar-refractivity contribution in [3.05, 3.63) is 209 Å². The molecule has 0 heterocycles. The molecule has 0 N–H and O–H groups in total. The van der Waals surface area contributed by atoms with Crippen molar-refractivity contribution in [3.63, 3.8) is 0 Å². The molecule has 0 radical (unpaired) electrons. The third-order valence-corrected chi connectivity index (χ3v) is 1.25. The van der Waals surface area contributed by atoms with Gasteiger partial charge in [0.25, 0.3) is 0 Å². The van der Waals surface area contributed by atoms with Gasteiger partial charge in [-0.05, 0) is 13.8 Å². The average Bonchev–Trinajstić information content (AvgIpc) is 3.15. The molecule has 0 aromatic rings. The van der Waals surface area contributed by atoms with Crippen LogP contribution < -0.4 is 0 Å². The highest BCUT2D eigenvalue weighted by atomic mass is 16.6. The van der Waals surface area contributed by atoms with Crippen molar-refractivity contribution in [2.24, 2.45) is 0 Å². The largest absolute Gasteiger partial charge is 0.459 e. The van der Waals surface area contributed by atoms with Gasteiger partial charge in [-0.2, -0.15) is 0 Å². The molecule has 0 aromatic heterocycles. The summed E-state index contributed by atoms with van der Waals surface area (Å²) in [4.78, 5) is 21.7. The van der Waals surface area contributed by atoms with E-state index < -0.39 is 11.9 Å². The Kier molecular flexibility index (Phi) is 880. The second-order valence-electron chi connectivity index (χ2n) is 2.83. The van der Waals surface area contributed by atoms with Crippen LogP contribution >= 0.6 is 0 Å². The lowest BCUT2D eigenvalue weighted by Crippen LogP contribution is -2.14. The molecule has 0 atom stereocenters. The summed E-state index contributed by atoms with van der Waals surface area (Å²) in [5, 5.41) is 0. The van der Waals surface area contributed by atoms with Gasteiger partial charge >= 0.3 is 11.9 Å². The van der Waals surface area contributed by atoms with Gasteiger partial charge in [0, 0.05) is 11.1 Å². The third-order valence-electron chi connectivity index (χ3n) is 1.25. The van der Waals surface area contributed by atoms with E-state index >= 15 is 0 Å². The van der Waals surface area contributed by atoms with E-state index in [-0.39, 0.29) is 13.2 Å². The van der Waals surface area contributed by atoms with Gasteiger partial charge in [-0.3, -0.25) is 0 Å². The lowest BCUT2D eigenvalue weighted by molar-refractivity contribution is -0.147. The van der Waals surface area contributed by atoms with Crippen LogP contribution in [0.2, 0.25) is 0 Å². The summed E-state index contributed by atoms with van der Waals surface area (Å²) in [5.74, 6) is -0.979. The molecule has 0 aliphatic rings. The van der Waals surface area contributed by atoms with E-state index in [1.165, 1.54) is 0 Å². The average molecular weight is 591 g/mol. The Hall–Kier alpha value is -5.22. The fourth-order valence-corrected chi connectivity index (χ4v) is 0.515. The van der Waals surface area contributed by atoms with Crippen molar-refractivity contribution >= 4 is 11.9 Å². The molecule has 0 fully saturated rings. The fraction of sp³-hybridized carbons (Fsp3) is 0.105. The minimum Gasteiger partial charge on any atom is -0.459 e. The van der Waals surface area contributed by atoms with E-state index in [4.69, 9.17) is 0 Å². The monoisotopic (exact) mass is 591 g/mol. The van der Waals surface area contributed by atoms with Crippen molar-refractivity contribution in [2.45, 2.75) is 13.8 Å². The number of ether oxygens (including phenoxy) is 2. The van der Waals surface area contributed by atoms with Crippen LogP contribution in [0.25, 0.3) is 0 Å². The van der Waals surface area contributed by atoms with Gasteiger partial charge < -0.3 is 9.47 Å². The molecule has 246 valence electrons. The van der Waals surface area contributed by atoms with Crippen LogP contribution in [0.1, 0.15) is 13.8 Å². The van der Waals surface area contributed by atoms with E-state index in [0.29, 0.717) is 11.1 Å². The van der Waals surface area contributed by atoms with E-state index in [9.17, 15) is 9.59 Å². The first-order valence-electron chi connectivity index (χ1n) is 11.1. The molecule has 0 aliphatic carbocycles. The molecule has 4 nitrogen and oxygen atoms in total. The van der Waals surface area contributed by atoms with Crippen LogP contribution in [0, 0.1) is 0 Å². The van der Waals surface area contributed by atoms with Gasteiger partial charge in [0.05, 0.1) is 0 Å². The minimum absolute atomic E-state index is 0.0325. The fourth-order valence-electron chi connectivity index (χ4n) is 0.515. The van der Waals surface area contributed by atoms with E-state index in [1.807, 2.05) is 0 Å². The third kappa shape index (κ3) is 415. The second kappa shape index (κ2) is 372. The second-order valence-corrected chi connectivity index (χ2v) is 2.83. The summed E-state index contributed by atoms with van der Waals surface area (Å²) in [5.41, 5.74) is 0.632.